The number of hydrogen-bond acceptors (Lipinski definition) is 5. The minimum Gasteiger partial charge on any atom is -0.461 e. The minimum atomic E-state index is -0.522. The molecule has 0 aliphatic heterocycles. The fraction of sp³-hybridized carbons (Fsp3) is 0.615. The molecule has 0 aromatic carbocycles. The third-order valence-corrected chi connectivity index (χ3v) is 2.44. The van der Waals surface area contributed by atoms with Crippen LogP contribution < -0.4 is 0 Å². The first-order valence-corrected chi connectivity index (χ1v) is 6.30. The lowest BCUT2D eigenvalue weighted by Crippen LogP contribution is -2.06. The molecule has 0 amide bonds. The molecule has 0 saturated carbocycles. The number of oxazole rings is 1. The lowest BCUT2D eigenvalue weighted by molar-refractivity contribution is -0.118. The number of esters is 1. The number of aromatic nitrogens is 1. The molecule has 0 unspecified atom stereocenters. The topological polar surface area (TPSA) is 69.4 Å². The Labute approximate surface area is 107 Å². The van der Waals surface area contributed by atoms with Gasteiger partial charge in [0.05, 0.1) is 13.0 Å². The van der Waals surface area contributed by atoms with Crippen LogP contribution in [-0.4, -0.2) is 23.3 Å². The van der Waals surface area contributed by atoms with Crippen LogP contribution >= 0.6 is 0 Å². The fourth-order valence-electron chi connectivity index (χ4n) is 1.52. The maximum Gasteiger partial charge on any atom is 0.360 e. The smallest absolute Gasteiger partial charge is 0.360 e. The van der Waals surface area contributed by atoms with Gasteiger partial charge in [-0.3, -0.25) is 4.79 Å². The summed E-state index contributed by atoms with van der Waals surface area (Å²) in [6, 6.07) is 0. The lowest BCUT2D eigenvalue weighted by Gasteiger charge is -1.97. The van der Waals surface area contributed by atoms with Gasteiger partial charge in [-0.15, -0.1) is 0 Å². The Morgan fingerprint density at radius 3 is 2.78 bits per heavy atom. The SMILES string of the molecule is CCCCCC(=O)Cc1nc(C(=O)OCC)co1. The number of unbranched alkanes of at least 4 members (excludes halogenated alkanes) is 2. The fourth-order valence-corrected chi connectivity index (χ4v) is 1.52. The summed E-state index contributed by atoms with van der Waals surface area (Å²) in [6.45, 7) is 4.09. The van der Waals surface area contributed by atoms with Crippen LogP contribution in [-0.2, 0) is 16.0 Å². The Morgan fingerprint density at radius 1 is 1.33 bits per heavy atom. The van der Waals surface area contributed by atoms with Gasteiger partial charge < -0.3 is 9.15 Å². The van der Waals surface area contributed by atoms with E-state index < -0.39 is 5.97 Å². The quantitative estimate of drug-likeness (QED) is 0.526. The summed E-state index contributed by atoms with van der Waals surface area (Å²) in [5.41, 5.74) is 0.119. The number of nitrogens with zero attached hydrogens (tertiary/aromatic N) is 1. The molecule has 0 aliphatic rings. The van der Waals surface area contributed by atoms with Crippen LogP contribution in [0.2, 0.25) is 0 Å². The number of carbonyl (C=O) groups is 2. The summed E-state index contributed by atoms with van der Waals surface area (Å²) in [4.78, 5) is 26.8. The monoisotopic (exact) mass is 253 g/mol. The van der Waals surface area contributed by atoms with Crippen molar-refractivity contribution in [3.05, 3.63) is 17.8 Å². The Kier molecular flexibility index (Phi) is 6.11. The molecule has 5 nitrogen and oxygen atoms in total. The number of carbonyl (C=O) groups excluding carboxylic acids is 2. The van der Waals surface area contributed by atoms with E-state index in [0.717, 1.165) is 19.3 Å². The van der Waals surface area contributed by atoms with Gasteiger partial charge in [-0.2, -0.15) is 0 Å². The maximum atomic E-state index is 11.6. The largest absolute Gasteiger partial charge is 0.461 e. The number of ether oxygens (including phenoxy) is 1. The van der Waals surface area contributed by atoms with Crippen molar-refractivity contribution in [2.75, 3.05) is 6.61 Å². The number of hydrogen-bond donors (Lipinski definition) is 0. The second-order valence-corrected chi connectivity index (χ2v) is 4.02. The maximum absolute atomic E-state index is 11.6. The van der Waals surface area contributed by atoms with Gasteiger partial charge in [0, 0.05) is 6.42 Å². The predicted molar refractivity (Wildman–Crippen MR) is 65.3 cm³/mol. The van der Waals surface area contributed by atoms with Crippen molar-refractivity contribution < 1.29 is 18.7 Å². The van der Waals surface area contributed by atoms with Crippen LogP contribution in [0.4, 0.5) is 0 Å². The molecule has 0 saturated heterocycles. The van der Waals surface area contributed by atoms with E-state index in [2.05, 4.69) is 11.9 Å². The van der Waals surface area contributed by atoms with E-state index in [1.807, 2.05) is 0 Å². The molecule has 0 spiro atoms. The average molecular weight is 253 g/mol. The second-order valence-electron chi connectivity index (χ2n) is 4.02. The van der Waals surface area contributed by atoms with Crippen LogP contribution in [0, 0.1) is 0 Å². The van der Waals surface area contributed by atoms with Crippen molar-refractivity contribution in [3.63, 3.8) is 0 Å². The first kappa shape index (κ1) is 14.4. The summed E-state index contributed by atoms with van der Waals surface area (Å²) in [5, 5.41) is 0. The molecular weight excluding hydrogens is 234 g/mol. The molecule has 1 heterocycles. The molecule has 5 heteroatoms. The highest BCUT2D eigenvalue weighted by molar-refractivity contribution is 5.87. The van der Waals surface area contributed by atoms with Gasteiger partial charge in [0.2, 0.25) is 5.89 Å². The standard InChI is InChI=1S/C13H19NO4/c1-3-5-6-7-10(15)8-12-14-11(9-18-12)13(16)17-4-2/h9H,3-8H2,1-2H3. The van der Waals surface area contributed by atoms with E-state index in [9.17, 15) is 9.59 Å². The van der Waals surface area contributed by atoms with Gasteiger partial charge in [0.1, 0.15) is 12.0 Å². The molecule has 0 fully saturated rings. The van der Waals surface area contributed by atoms with Crippen LogP contribution in [0.3, 0.4) is 0 Å². The van der Waals surface area contributed by atoms with E-state index >= 15 is 0 Å². The van der Waals surface area contributed by atoms with Crippen molar-refractivity contribution in [1.82, 2.24) is 4.98 Å². The molecule has 100 valence electrons. The Morgan fingerprint density at radius 2 is 2.11 bits per heavy atom. The van der Waals surface area contributed by atoms with Crippen molar-refractivity contribution in [1.29, 1.82) is 0 Å². The highest BCUT2D eigenvalue weighted by atomic mass is 16.5. The zero-order valence-corrected chi connectivity index (χ0v) is 10.9. The first-order chi connectivity index (χ1) is 8.67. The summed E-state index contributed by atoms with van der Waals surface area (Å²) < 4.78 is 9.86. The Balaban J connectivity index is 2.43. The molecule has 0 radical (unpaired) electrons. The molecule has 0 aliphatic carbocycles. The first-order valence-electron chi connectivity index (χ1n) is 6.30. The molecule has 0 bridgehead atoms. The highest BCUT2D eigenvalue weighted by Gasteiger charge is 2.14. The average Bonchev–Trinajstić information content (AvgIpc) is 2.78. The Hall–Kier alpha value is -1.65. The predicted octanol–water partition coefficient (Wildman–Crippen LogP) is 2.54. The van der Waals surface area contributed by atoms with Gasteiger partial charge in [0.25, 0.3) is 0 Å². The molecule has 1 aromatic heterocycles. The van der Waals surface area contributed by atoms with Crippen LogP contribution in [0.25, 0.3) is 0 Å². The summed E-state index contributed by atoms with van der Waals surface area (Å²) in [6.07, 6.45) is 4.92. The Bertz CT molecular complexity index is 397. The zero-order chi connectivity index (χ0) is 13.4. The van der Waals surface area contributed by atoms with E-state index in [-0.39, 0.29) is 30.4 Å². The van der Waals surface area contributed by atoms with Gasteiger partial charge in [-0.05, 0) is 13.3 Å². The molecular formula is C13H19NO4. The van der Waals surface area contributed by atoms with Gasteiger partial charge >= 0.3 is 5.97 Å². The summed E-state index contributed by atoms with van der Waals surface area (Å²) >= 11 is 0. The molecule has 0 N–H and O–H groups in total. The van der Waals surface area contributed by atoms with Crippen LogP contribution in [0.5, 0.6) is 0 Å². The number of Topliss-reactive ketones (excluding diaryl/α,β-unsaturated/α-hetero) is 1. The molecule has 1 rings (SSSR count). The third kappa shape index (κ3) is 4.69. The molecule has 18 heavy (non-hydrogen) atoms. The number of rotatable bonds is 8. The second kappa shape index (κ2) is 7.63. The number of ketones is 1. The van der Waals surface area contributed by atoms with E-state index in [4.69, 9.17) is 9.15 Å². The van der Waals surface area contributed by atoms with E-state index in [1.54, 1.807) is 6.92 Å². The zero-order valence-electron chi connectivity index (χ0n) is 10.9. The molecule has 0 atom stereocenters. The van der Waals surface area contributed by atoms with Crippen molar-refractivity contribution >= 4 is 11.8 Å². The van der Waals surface area contributed by atoms with Crippen molar-refractivity contribution in [2.45, 2.75) is 46.0 Å². The van der Waals surface area contributed by atoms with Gasteiger partial charge in [0.15, 0.2) is 5.69 Å². The lowest BCUT2D eigenvalue weighted by atomic mass is 10.1. The van der Waals surface area contributed by atoms with Gasteiger partial charge in [-0.1, -0.05) is 19.8 Å². The van der Waals surface area contributed by atoms with E-state index in [0.29, 0.717) is 6.42 Å². The highest BCUT2D eigenvalue weighted by Crippen LogP contribution is 2.08. The summed E-state index contributed by atoms with van der Waals surface area (Å²) in [5.74, 6) is -0.161. The van der Waals surface area contributed by atoms with Crippen molar-refractivity contribution in [2.24, 2.45) is 0 Å². The van der Waals surface area contributed by atoms with E-state index in [1.165, 1.54) is 6.26 Å². The third-order valence-electron chi connectivity index (χ3n) is 2.44. The molecule has 1 aromatic rings. The minimum absolute atomic E-state index is 0.0840. The van der Waals surface area contributed by atoms with Crippen LogP contribution in [0.15, 0.2) is 10.7 Å². The summed E-state index contributed by atoms with van der Waals surface area (Å²) in [7, 11) is 0. The van der Waals surface area contributed by atoms with Crippen molar-refractivity contribution in [3.8, 4) is 0 Å². The normalized spacial score (nSPS) is 10.3. The van der Waals surface area contributed by atoms with Crippen LogP contribution in [0.1, 0.15) is 55.9 Å². The van der Waals surface area contributed by atoms with Gasteiger partial charge in [-0.25, -0.2) is 9.78 Å².